The van der Waals surface area contributed by atoms with Crippen LogP contribution in [0.4, 0.5) is 0 Å². The number of ether oxygens (including phenoxy) is 1. The highest BCUT2D eigenvalue weighted by atomic mass is 16.5. The summed E-state index contributed by atoms with van der Waals surface area (Å²) in [6.45, 7) is -0.215. The summed E-state index contributed by atoms with van der Waals surface area (Å²) < 4.78 is 4.48. The average Bonchev–Trinajstić information content (AvgIpc) is 2.61. The van der Waals surface area contributed by atoms with Crippen molar-refractivity contribution in [1.82, 2.24) is 5.32 Å². The topological polar surface area (TPSA) is 67.8 Å². The second-order valence-corrected chi connectivity index (χ2v) is 4.75. The monoisotopic (exact) mass is 310 g/mol. The van der Waals surface area contributed by atoms with Gasteiger partial charge in [0.05, 0.1) is 12.8 Å². The van der Waals surface area contributed by atoms with Gasteiger partial charge < -0.3 is 10.1 Å². The van der Waals surface area contributed by atoms with E-state index < -0.39 is 5.97 Å². The molecule has 2 aromatic rings. The number of methoxy groups -OCH3 is 1. The van der Waals surface area contributed by atoms with Gasteiger partial charge in [-0.3, -0.25) is 14.6 Å². The molecule has 0 bridgehead atoms. The Morgan fingerprint density at radius 1 is 0.957 bits per heavy atom. The fourth-order valence-corrected chi connectivity index (χ4v) is 1.99. The van der Waals surface area contributed by atoms with Gasteiger partial charge in [0.1, 0.15) is 13.1 Å². The molecule has 23 heavy (non-hydrogen) atoms. The number of nitrogens with one attached hydrogen (secondary N) is 1. The Kier molecular flexibility index (Phi) is 6.06. The summed E-state index contributed by atoms with van der Waals surface area (Å²) in [5, 5.41) is 2.47. The van der Waals surface area contributed by atoms with Gasteiger partial charge in [0.2, 0.25) is 5.91 Å². The van der Waals surface area contributed by atoms with E-state index in [1.54, 1.807) is 0 Å². The SMILES string of the molecule is COC(=O)CNC(=O)CN=C(c1ccccc1)c1ccccc1. The maximum absolute atomic E-state index is 11.8. The lowest BCUT2D eigenvalue weighted by Gasteiger charge is -2.08. The van der Waals surface area contributed by atoms with Crippen LogP contribution in [0.25, 0.3) is 0 Å². The largest absolute Gasteiger partial charge is 0.468 e. The first-order valence-corrected chi connectivity index (χ1v) is 7.19. The zero-order chi connectivity index (χ0) is 16.5. The summed E-state index contributed by atoms with van der Waals surface area (Å²) >= 11 is 0. The number of amides is 1. The fourth-order valence-electron chi connectivity index (χ4n) is 1.99. The summed E-state index contributed by atoms with van der Waals surface area (Å²) in [6.07, 6.45) is 0. The Bertz CT molecular complexity index is 640. The molecule has 0 aliphatic carbocycles. The lowest BCUT2D eigenvalue weighted by Crippen LogP contribution is -2.32. The van der Waals surface area contributed by atoms with Gasteiger partial charge >= 0.3 is 5.97 Å². The zero-order valence-electron chi connectivity index (χ0n) is 12.9. The van der Waals surface area contributed by atoms with Crippen molar-refractivity contribution >= 4 is 17.6 Å². The Balaban J connectivity index is 2.15. The molecule has 0 aliphatic heterocycles. The smallest absolute Gasteiger partial charge is 0.325 e. The van der Waals surface area contributed by atoms with Crippen molar-refractivity contribution in [2.75, 3.05) is 20.2 Å². The van der Waals surface area contributed by atoms with Crippen molar-refractivity contribution < 1.29 is 14.3 Å². The highest BCUT2D eigenvalue weighted by Crippen LogP contribution is 2.10. The number of rotatable bonds is 6. The van der Waals surface area contributed by atoms with Crippen LogP contribution >= 0.6 is 0 Å². The number of aliphatic imine (C=N–C) groups is 1. The first kappa shape index (κ1) is 16.4. The first-order chi connectivity index (χ1) is 11.2. The van der Waals surface area contributed by atoms with Crippen molar-refractivity contribution in [3.05, 3.63) is 71.8 Å². The molecule has 0 radical (unpaired) electrons. The summed E-state index contributed by atoms with van der Waals surface area (Å²) in [6, 6.07) is 19.3. The number of nitrogens with zero attached hydrogens (tertiary/aromatic N) is 1. The van der Waals surface area contributed by atoms with E-state index in [1.165, 1.54) is 7.11 Å². The van der Waals surface area contributed by atoms with Crippen LogP contribution in [0, 0.1) is 0 Å². The third kappa shape index (κ3) is 5.07. The molecule has 5 heteroatoms. The van der Waals surface area contributed by atoms with Crippen molar-refractivity contribution in [3.8, 4) is 0 Å². The summed E-state index contributed by atoms with van der Waals surface area (Å²) in [4.78, 5) is 27.2. The maximum Gasteiger partial charge on any atom is 0.325 e. The number of benzene rings is 2. The molecule has 0 spiro atoms. The summed E-state index contributed by atoms with van der Waals surface area (Å²) in [5.41, 5.74) is 2.60. The summed E-state index contributed by atoms with van der Waals surface area (Å²) in [7, 11) is 1.27. The highest BCUT2D eigenvalue weighted by molar-refractivity contribution is 6.13. The molecule has 118 valence electrons. The van der Waals surface area contributed by atoms with Gasteiger partial charge in [0, 0.05) is 11.1 Å². The van der Waals surface area contributed by atoms with Gasteiger partial charge in [-0.2, -0.15) is 0 Å². The first-order valence-electron chi connectivity index (χ1n) is 7.19. The lowest BCUT2D eigenvalue weighted by atomic mass is 10.0. The molecular formula is C18H18N2O3. The standard InChI is InChI=1S/C18H18N2O3/c1-23-17(22)13-19-16(21)12-20-18(14-8-4-2-5-9-14)15-10-6-3-7-11-15/h2-11H,12-13H2,1H3,(H,19,21). The molecule has 0 fully saturated rings. The average molecular weight is 310 g/mol. The van der Waals surface area contributed by atoms with Crippen LogP contribution < -0.4 is 5.32 Å². The van der Waals surface area contributed by atoms with E-state index in [0.29, 0.717) is 0 Å². The van der Waals surface area contributed by atoms with Crippen LogP contribution in [0.2, 0.25) is 0 Å². The van der Waals surface area contributed by atoms with Gasteiger partial charge in [0.15, 0.2) is 0 Å². The van der Waals surface area contributed by atoms with Gasteiger partial charge in [0.25, 0.3) is 0 Å². The second kappa shape index (κ2) is 8.48. The quantitative estimate of drug-likeness (QED) is 0.653. The van der Waals surface area contributed by atoms with E-state index >= 15 is 0 Å². The Hall–Kier alpha value is -2.95. The zero-order valence-corrected chi connectivity index (χ0v) is 12.9. The molecule has 0 saturated carbocycles. The molecule has 1 N–H and O–H groups in total. The van der Waals surface area contributed by atoms with E-state index in [1.807, 2.05) is 60.7 Å². The Labute approximate surface area is 135 Å². The van der Waals surface area contributed by atoms with Crippen LogP contribution in [0.1, 0.15) is 11.1 Å². The summed E-state index contributed by atoms with van der Waals surface area (Å²) in [5.74, 6) is -0.826. The molecule has 0 atom stereocenters. The van der Waals surface area contributed by atoms with Crippen LogP contribution in [-0.2, 0) is 14.3 Å². The van der Waals surface area contributed by atoms with Gasteiger partial charge in [-0.05, 0) is 0 Å². The van der Waals surface area contributed by atoms with Crippen LogP contribution in [-0.4, -0.2) is 37.8 Å². The Morgan fingerprint density at radius 2 is 1.48 bits per heavy atom. The molecule has 2 aromatic carbocycles. The molecule has 0 unspecified atom stereocenters. The van der Waals surface area contributed by atoms with Crippen LogP contribution in [0.3, 0.4) is 0 Å². The van der Waals surface area contributed by atoms with Crippen molar-refractivity contribution in [1.29, 1.82) is 0 Å². The predicted octanol–water partition coefficient (Wildman–Crippen LogP) is 1.81. The van der Waals surface area contributed by atoms with Crippen LogP contribution in [0.15, 0.2) is 65.7 Å². The molecule has 1 amide bonds. The number of hydrogen-bond acceptors (Lipinski definition) is 4. The van der Waals surface area contributed by atoms with E-state index in [0.717, 1.165) is 16.8 Å². The number of hydrogen-bond donors (Lipinski definition) is 1. The van der Waals surface area contributed by atoms with Crippen molar-refractivity contribution in [2.24, 2.45) is 4.99 Å². The minimum atomic E-state index is -0.492. The molecule has 5 nitrogen and oxygen atoms in total. The minimum Gasteiger partial charge on any atom is -0.468 e. The minimum absolute atomic E-state index is 0.0594. The highest BCUT2D eigenvalue weighted by Gasteiger charge is 2.08. The van der Waals surface area contributed by atoms with Gasteiger partial charge in [-0.1, -0.05) is 60.7 Å². The third-order valence-corrected chi connectivity index (χ3v) is 3.13. The van der Waals surface area contributed by atoms with Crippen molar-refractivity contribution in [2.45, 2.75) is 0 Å². The molecule has 0 saturated heterocycles. The fraction of sp³-hybridized carbons (Fsp3) is 0.167. The van der Waals surface area contributed by atoms with E-state index in [-0.39, 0.29) is 19.0 Å². The van der Waals surface area contributed by atoms with E-state index in [4.69, 9.17) is 0 Å². The molecule has 0 heterocycles. The Morgan fingerprint density at radius 3 is 1.96 bits per heavy atom. The van der Waals surface area contributed by atoms with Gasteiger partial charge in [-0.15, -0.1) is 0 Å². The number of esters is 1. The van der Waals surface area contributed by atoms with E-state index in [9.17, 15) is 9.59 Å². The molecule has 0 aliphatic rings. The molecule has 2 rings (SSSR count). The predicted molar refractivity (Wildman–Crippen MR) is 88.4 cm³/mol. The normalized spacial score (nSPS) is 9.78. The lowest BCUT2D eigenvalue weighted by molar-refractivity contribution is -0.141. The van der Waals surface area contributed by atoms with Crippen molar-refractivity contribution in [3.63, 3.8) is 0 Å². The third-order valence-electron chi connectivity index (χ3n) is 3.13. The van der Waals surface area contributed by atoms with E-state index in [2.05, 4.69) is 15.0 Å². The maximum atomic E-state index is 11.8. The number of carbonyl (C=O) groups is 2. The molecular weight excluding hydrogens is 292 g/mol. The number of carbonyl (C=O) groups excluding carboxylic acids is 2. The molecule has 0 aromatic heterocycles. The van der Waals surface area contributed by atoms with Gasteiger partial charge in [-0.25, -0.2) is 0 Å². The van der Waals surface area contributed by atoms with Crippen LogP contribution in [0.5, 0.6) is 0 Å². The second-order valence-electron chi connectivity index (χ2n) is 4.75.